The summed E-state index contributed by atoms with van der Waals surface area (Å²) in [6, 6.07) is 13.5. The molecule has 0 heterocycles. The molecule has 0 fully saturated rings. The van der Waals surface area contributed by atoms with E-state index in [4.69, 9.17) is 0 Å². The molecule has 2 nitrogen and oxygen atoms in total. The van der Waals surface area contributed by atoms with Crippen LogP contribution in [-0.2, 0) is 18.5 Å². The van der Waals surface area contributed by atoms with E-state index in [2.05, 4.69) is 17.4 Å². The number of benzene rings is 2. The van der Waals surface area contributed by atoms with E-state index in [1.807, 2.05) is 18.2 Å². The normalized spacial score (nSPS) is 20.5. The minimum atomic E-state index is -0.405. The minimum Gasteiger partial charge on any atom is -0.394 e. The first-order chi connectivity index (χ1) is 10.1. The maximum atomic E-state index is 13.6. The van der Waals surface area contributed by atoms with E-state index < -0.39 is 5.54 Å². The minimum absolute atomic E-state index is 0.0539. The van der Waals surface area contributed by atoms with Gasteiger partial charge in [0.1, 0.15) is 5.82 Å². The Kier molecular flexibility index (Phi) is 3.79. The maximum absolute atomic E-state index is 13.6. The number of halogens is 1. The molecule has 0 aromatic heterocycles. The number of hydrogen-bond acceptors (Lipinski definition) is 2. The van der Waals surface area contributed by atoms with Crippen LogP contribution in [0.3, 0.4) is 0 Å². The van der Waals surface area contributed by atoms with Gasteiger partial charge < -0.3 is 10.4 Å². The second kappa shape index (κ2) is 5.58. The van der Waals surface area contributed by atoms with Gasteiger partial charge in [0.05, 0.1) is 12.1 Å². The standard InChI is InChI=1S/C18H20FNO/c1-13-6-7-14(10-17(13)19)11-20-18(12-21)9-8-15-4-2-3-5-16(15)18/h2-7,10,20-21H,8-9,11-12H2,1H3. The lowest BCUT2D eigenvalue weighted by molar-refractivity contribution is 0.159. The van der Waals surface area contributed by atoms with Gasteiger partial charge in [-0.1, -0.05) is 36.4 Å². The van der Waals surface area contributed by atoms with Crippen LogP contribution in [0.5, 0.6) is 0 Å². The summed E-state index contributed by atoms with van der Waals surface area (Å²) in [6.45, 7) is 2.36. The summed E-state index contributed by atoms with van der Waals surface area (Å²) in [7, 11) is 0. The lowest BCUT2D eigenvalue weighted by atomic mass is 9.92. The first-order valence-corrected chi connectivity index (χ1v) is 7.34. The van der Waals surface area contributed by atoms with Gasteiger partial charge in [0.15, 0.2) is 0 Å². The van der Waals surface area contributed by atoms with Gasteiger partial charge in [0, 0.05) is 6.54 Å². The van der Waals surface area contributed by atoms with Crippen LogP contribution in [0.4, 0.5) is 4.39 Å². The van der Waals surface area contributed by atoms with Gasteiger partial charge in [-0.25, -0.2) is 4.39 Å². The third-order valence-corrected chi connectivity index (χ3v) is 4.49. The van der Waals surface area contributed by atoms with Crippen LogP contribution in [0.2, 0.25) is 0 Å². The zero-order valence-corrected chi connectivity index (χ0v) is 12.2. The molecule has 1 aliphatic rings. The van der Waals surface area contributed by atoms with Crippen molar-refractivity contribution in [3.8, 4) is 0 Å². The average Bonchev–Trinajstić information content (AvgIpc) is 2.88. The molecule has 3 heteroatoms. The van der Waals surface area contributed by atoms with E-state index in [9.17, 15) is 9.50 Å². The third-order valence-electron chi connectivity index (χ3n) is 4.49. The Hall–Kier alpha value is -1.71. The van der Waals surface area contributed by atoms with Gasteiger partial charge in [-0.05, 0) is 48.1 Å². The molecule has 0 aliphatic heterocycles. The first-order valence-electron chi connectivity index (χ1n) is 7.34. The Morgan fingerprint density at radius 3 is 2.81 bits per heavy atom. The van der Waals surface area contributed by atoms with Crippen LogP contribution in [0.25, 0.3) is 0 Å². The highest BCUT2D eigenvalue weighted by molar-refractivity contribution is 5.39. The number of aliphatic hydroxyl groups is 1. The van der Waals surface area contributed by atoms with Crippen molar-refractivity contribution >= 4 is 0 Å². The van der Waals surface area contributed by atoms with Crippen molar-refractivity contribution in [3.05, 3.63) is 70.5 Å². The molecule has 3 rings (SSSR count). The highest BCUT2D eigenvalue weighted by Crippen LogP contribution is 2.36. The predicted molar refractivity (Wildman–Crippen MR) is 81.5 cm³/mol. The summed E-state index contributed by atoms with van der Waals surface area (Å²) < 4.78 is 13.6. The van der Waals surface area contributed by atoms with Gasteiger partial charge in [-0.2, -0.15) is 0 Å². The van der Waals surface area contributed by atoms with Crippen molar-refractivity contribution in [2.24, 2.45) is 0 Å². The molecule has 21 heavy (non-hydrogen) atoms. The molecule has 2 aromatic carbocycles. The van der Waals surface area contributed by atoms with Crippen LogP contribution in [0.1, 0.15) is 28.7 Å². The summed E-state index contributed by atoms with van der Waals surface area (Å²) in [6.07, 6.45) is 1.84. The van der Waals surface area contributed by atoms with Gasteiger partial charge in [-0.3, -0.25) is 0 Å². The van der Waals surface area contributed by atoms with Crippen molar-refractivity contribution in [2.75, 3.05) is 6.61 Å². The molecule has 0 saturated heterocycles. The fraction of sp³-hybridized carbons (Fsp3) is 0.333. The molecular formula is C18H20FNO. The van der Waals surface area contributed by atoms with Gasteiger partial charge in [-0.15, -0.1) is 0 Å². The molecule has 1 atom stereocenters. The van der Waals surface area contributed by atoms with E-state index >= 15 is 0 Å². The number of hydrogen-bond donors (Lipinski definition) is 2. The number of fused-ring (bicyclic) bond motifs is 1. The van der Waals surface area contributed by atoms with E-state index in [1.165, 1.54) is 11.1 Å². The van der Waals surface area contributed by atoms with Crippen molar-refractivity contribution < 1.29 is 9.50 Å². The molecule has 0 bridgehead atoms. The Morgan fingerprint density at radius 2 is 2.05 bits per heavy atom. The molecule has 2 N–H and O–H groups in total. The summed E-state index contributed by atoms with van der Waals surface area (Å²) in [5.41, 5.74) is 3.60. The SMILES string of the molecule is Cc1ccc(CNC2(CO)CCc3ccccc32)cc1F. The fourth-order valence-electron chi connectivity index (χ4n) is 3.11. The molecular weight excluding hydrogens is 265 g/mol. The molecule has 0 saturated carbocycles. The number of aryl methyl sites for hydroxylation is 2. The summed E-state index contributed by atoms with van der Waals surface area (Å²) in [5, 5.41) is 13.4. The van der Waals surface area contributed by atoms with Crippen LogP contribution >= 0.6 is 0 Å². The van der Waals surface area contributed by atoms with Crippen LogP contribution in [0.15, 0.2) is 42.5 Å². The zero-order chi connectivity index (χ0) is 14.9. The molecule has 0 radical (unpaired) electrons. The van der Waals surface area contributed by atoms with Crippen LogP contribution in [-0.4, -0.2) is 11.7 Å². The quantitative estimate of drug-likeness (QED) is 0.905. The lowest BCUT2D eigenvalue weighted by Crippen LogP contribution is -2.43. The second-order valence-corrected chi connectivity index (χ2v) is 5.83. The second-order valence-electron chi connectivity index (χ2n) is 5.83. The van der Waals surface area contributed by atoms with E-state index in [0.29, 0.717) is 12.1 Å². The van der Waals surface area contributed by atoms with Crippen LogP contribution in [0, 0.1) is 12.7 Å². The van der Waals surface area contributed by atoms with Gasteiger partial charge in [0.25, 0.3) is 0 Å². The van der Waals surface area contributed by atoms with Gasteiger partial charge in [0.2, 0.25) is 0 Å². The van der Waals surface area contributed by atoms with Crippen molar-refractivity contribution in [2.45, 2.75) is 31.8 Å². The Labute approximate surface area is 124 Å². The molecule has 2 aromatic rings. The molecule has 1 aliphatic carbocycles. The number of nitrogens with one attached hydrogen (secondary N) is 1. The highest BCUT2D eigenvalue weighted by Gasteiger charge is 2.37. The largest absolute Gasteiger partial charge is 0.394 e. The summed E-state index contributed by atoms with van der Waals surface area (Å²) in [5.74, 6) is -0.181. The monoisotopic (exact) mass is 285 g/mol. The molecule has 110 valence electrons. The van der Waals surface area contributed by atoms with Crippen LogP contribution < -0.4 is 5.32 Å². The Morgan fingerprint density at radius 1 is 1.24 bits per heavy atom. The number of aliphatic hydroxyl groups excluding tert-OH is 1. The summed E-state index contributed by atoms with van der Waals surface area (Å²) >= 11 is 0. The average molecular weight is 285 g/mol. The third kappa shape index (κ3) is 2.59. The first kappa shape index (κ1) is 14.2. The van der Waals surface area contributed by atoms with E-state index in [0.717, 1.165) is 18.4 Å². The van der Waals surface area contributed by atoms with Crippen molar-refractivity contribution in [3.63, 3.8) is 0 Å². The van der Waals surface area contributed by atoms with E-state index in [-0.39, 0.29) is 12.4 Å². The number of rotatable bonds is 4. The van der Waals surface area contributed by atoms with Crippen molar-refractivity contribution in [1.29, 1.82) is 0 Å². The van der Waals surface area contributed by atoms with E-state index in [1.54, 1.807) is 19.1 Å². The molecule has 0 amide bonds. The Bertz CT molecular complexity index is 655. The topological polar surface area (TPSA) is 32.3 Å². The zero-order valence-electron chi connectivity index (χ0n) is 12.2. The predicted octanol–water partition coefficient (Wildman–Crippen LogP) is 3.06. The summed E-state index contributed by atoms with van der Waals surface area (Å²) in [4.78, 5) is 0. The Balaban J connectivity index is 1.81. The fourth-order valence-corrected chi connectivity index (χ4v) is 3.11. The maximum Gasteiger partial charge on any atom is 0.126 e. The lowest BCUT2D eigenvalue weighted by Gasteiger charge is -2.30. The highest BCUT2D eigenvalue weighted by atomic mass is 19.1. The smallest absolute Gasteiger partial charge is 0.126 e. The van der Waals surface area contributed by atoms with Crippen molar-refractivity contribution in [1.82, 2.24) is 5.32 Å². The molecule has 0 spiro atoms. The van der Waals surface area contributed by atoms with Gasteiger partial charge >= 0.3 is 0 Å². The molecule has 1 unspecified atom stereocenters.